The van der Waals surface area contributed by atoms with Crippen LogP contribution in [0.2, 0.25) is 5.02 Å². The average molecular weight is 254 g/mol. The molecule has 0 aliphatic heterocycles. The number of phenols is 1. The molecular formula is C10H8ClN3O3. The van der Waals surface area contributed by atoms with Gasteiger partial charge in [0.05, 0.1) is 5.56 Å². The lowest BCUT2D eigenvalue weighted by Crippen LogP contribution is -2.12. The summed E-state index contributed by atoms with van der Waals surface area (Å²) >= 11 is 5.65. The Morgan fingerprint density at radius 1 is 1.53 bits per heavy atom. The number of rotatable bonds is 2. The summed E-state index contributed by atoms with van der Waals surface area (Å²) in [7, 11) is 0. The smallest absolute Gasteiger partial charge is 0.328 e. The molecule has 0 aliphatic carbocycles. The van der Waals surface area contributed by atoms with Crippen LogP contribution in [0.5, 0.6) is 5.75 Å². The van der Waals surface area contributed by atoms with Crippen LogP contribution in [-0.2, 0) is 0 Å². The van der Waals surface area contributed by atoms with Crippen molar-refractivity contribution in [1.29, 1.82) is 0 Å². The Labute approximate surface area is 101 Å². The Kier molecular flexibility index (Phi) is 2.97. The molecule has 0 aliphatic rings. The second-order valence-electron chi connectivity index (χ2n) is 3.26. The maximum Gasteiger partial charge on any atom is 0.328 e. The van der Waals surface area contributed by atoms with Gasteiger partial charge in [-0.3, -0.25) is 10.1 Å². The van der Waals surface area contributed by atoms with Crippen molar-refractivity contribution in [3.05, 3.63) is 34.6 Å². The number of carbonyl (C=O) groups excluding carboxylic acids is 1. The van der Waals surface area contributed by atoms with Gasteiger partial charge in [0.1, 0.15) is 5.75 Å². The molecule has 0 spiro atoms. The van der Waals surface area contributed by atoms with E-state index in [-0.39, 0.29) is 17.3 Å². The zero-order valence-corrected chi connectivity index (χ0v) is 9.52. The van der Waals surface area contributed by atoms with Crippen molar-refractivity contribution in [2.75, 3.05) is 5.32 Å². The van der Waals surface area contributed by atoms with E-state index >= 15 is 0 Å². The highest BCUT2D eigenvalue weighted by atomic mass is 35.5. The molecule has 2 aromatic rings. The number of hydrogen-bond acceptors (Lipinski definition) is 5. The van der Waals surface area contributed by atoms with Crippen LogP contribution in [-0.4, -0.2) is 21.2 Å². The van der Waals surface area contributed by atoms with Crippen LogP contribution in [0.15, 0.2) is 22.7 Å². The van der Waals surface area contributed by atoms with Crippen LogP contribution in [0, 0.1) is 6.92 Å². The first-order valence-corrected chi connectivity index (χ1v) is 5.04. The maximum atomic E-state index is 11.7. The quantitative estimate of drug-likeness (QED) is 0.854. The molecule has 7 heteroatoms. The molecule has 1 heterocycles. The summed E-state index contributed by atoms with van der Waals surface area (Å²) in [5.74, 6) is -0.366. The molecule has 0 saturated heterocycles. The molecule has 0 radical (unpaired) electrons. The lowest BCUT2D eigenvalue weighted by Gasteiger charge is -2.03. The van der Waals surface area contributed by atoms with E-state index in [4.69, 9.17) is 16.1 Å². The lowest BCUT2D eigenvalue weighted by atomic mass is 10.2. The minimum Gasteiger partial charge on any atom is -0.507 e. The average Bonchev–Trinajstić information content (AvgIpc) is 2.63. The van der Waals surface area contributed by atoms with Gasteiger partial charge in [-0.2, -0.15) is 4.98 Å². The van der Waals surface area contributed by atoms with Gasteiger partial charge in [-0.15, -0.1) is 0 Å². The third-order valence-electron chi connectivity index (χ3n) is 1.95. The molecule has 17 heavy (non-hydrogen) atoms. The number of halogens is 1. The van der Waals surface area contributed by atoms with E-state index in [0.29, 0.717) is 10.8 Å². The number of benzene rings is 1. The van der Waals surface area contributed by atoms with Crippen LogP contribution in [0.25, 0.3) is 0 Å². The zero-order chi connectivity index (χ0) is 12.4. The van der Waals surface area contributed by atoms with E-state index in [1.54, 1.807) is 6.92 Å². The van der Waals surface area contributed by atoms with E-state index in [1.165, 1.54) is 18.2 Å². The molecule has 1 aromatic heterocycles. The fourth-order valence-electron chi connectivity index (χ4n) is 1.21. The van der Waals surface area contributed by atoms with Crippen LogP contribution < -0.4 is 5.32 Å². The highest BCUT2D eigenvalue weighted by Crippen LogP contribution is 2.22. The van der Waals surface area contributed by atoms with E-state index in [0.717, 1.165) is 0 Å². The molecule has 0 fully saturated rings. The second-order valence-corrected chi connectivity index (χ2v) is 3.70. The molecule has 88 valence electrons. The number of phenolic OH excluding ortho intramolecular Hbond substituents is 1. The number of amides is 1. The van der Waals surface area contributed by atoms with Gasteiger partial charge < -0.3 is 9.63 Å². The predicted molar refractivity (Wildman–Crippen MR) is 60.1 cm³/mol. The minimum atomic E-state index is -0.553. The summed E-state index contributed by atoms with van der Waals surface area (Å²) in [6, 6.07) is 4.14. The van der Waals surface area contributed by atoms with Gasteiger partial charge in [-0.1, -0.05) is 16.8 Å². The van der Waals surface area contributed by atoms with Crippen molar-refractivity contribution < 1.29 is 14.4 Å². The van der Waals surface area contributed by atoms with Crippen molar-refractivity contribution in [2.45, 2.75) is 6.92 Å². The number of hydrogen-bond donors (Lipinski definition) is 2. The summed E-state index contributed by atoms with van der Waals surface area (Å²) in [6.45, 7) is 1.62. The third-order valence-corrected chi connectivity index (χ3v) is 2.19. The summed E-state index contributed by atoms with van der Waals surface area (Å²) in [6.07, 6.45) is 0. The van der Waals surface area contributed by atoms with Crippen molar-refractivity contribution in [3.63, 3.8) is 0 Å². The fourth-order valence-corrected chi connectivity index (χ4v) is 1.38. The summed E-state index contributed by atoms with van der Waals surface area (Å²) < 4.78 is 4.72. The van der Waals surface area contributed by atoms with Gasteiger partial charge in [0.2, 0.25) is 0 Å². The first-order chi connectivity index (χ1) is 8.06. The maximum absolute atomic E-state index is 11.7. The molecule has 0 saturated carbocycles. The summed E-state index contributed by atoms with van der Waals surface area (Å²) in [5, 5.41) is 15.7. The monoisotopic (exact) mass is 253 g/mol. The number of aryl methyl sites for hydroxylation is 1. The van der Waals surface area contributed by atoms with Crippen molar-refractivity contribution in [2.24, 2.45) is 0 Å². The van der Waals surface area contributed by atoms with Gasteiger partial charge in [0, 0.05) is 5.02 Å². The van der Waals surface area contributed by atoms with Crippen LogP contribution in [0.1, 0.15) is 16.2 Å². The molecule has 2 N–H and O–H groups in total. The molecule has 6 nitrogen and oxygen atoms in total. The van der Waals surface area contributed by atoms with Gasteiger partial charge >= 0.3 is 6.01 Å². The summed E-state index contributed by atoms with van der Waals surface area (Å²) in [4.78, 5) is 15.5. The molecule has 1 amide bonds. The van der Waals surface area contributed by atoms with Gasteiger partial charge in [-0.25, -0.2) is 0 Å². The number of anilines is 1. The van der Waals surface area contributed by atoms with Crippen molar-refractivity contribution >= 4 is 23.5 Å². The van der Waals surface area contributed by atoms with Gasteiger partial charge in [0.15, 0.2) is 5.82 Å². The highest BCUT2D eigenvalue weighted by Gasteiger charge is 2.14. The number of carbonyl (C=O) groups is 1. The SMILES string of the molecule is Cc1noc(NC(=O)c2ccc(Cl)cc2O)n1. The molecule has 0 unspecified atom stereocenters. The van der Waals surface area contributed by atoms with E-state index in [2.05, 4.69) is 15.5 Å². The standard InChI is InChI=1S/C10H8ClN3O3/c1-5-12-10(17-14-5)13-9(16)7-3-2-6(11)4-8(7)15/h2-4,15H,1H3,(H,12,13,14,16). The molecule has 1 aromatic carbocycles. The molecule has 0 atom stereocenters. The Morgan fingerprint density at radius 2 is 2.29 bits per heavy atom. The number of aromatic hydroxyl groups is 1. The minimum absolute atomic E-state index is 0.0261. The van der Waals surface area contributed by atoms with E-state index in [9.17, 15) is 9.90 Å². The molecular weight excluding hydrogens is 246 g/mol. The number of aromatic nitrogens is 2. The predicted octanol–water partition coefficient (Wildman–Crippen LogP) is 1.99. The molecule has 2 rings (SSSR count). The van der Waals surface area contributed by atoms with E-state index in [1.807, 2.05) is 0 Å². The normalized spacial score (nSPS) is 10.2. The van der Waals surface area contributed by atoms with E-state index < -0.39 is 5.91 Å². The highest BCUT2D eigenvalue weighted by molar-refractivity contribution is 6.30. The third kappa shape index (κ3) is 2.54. The largest absolute Gasteiger partial charge is 0.507 e. The second kappa shape index (κ2) is 4.42. The number of nitrogens with one attached hydrogen (secondary N) is 1. The Hall–Kier alpha value is -2.08. The Morgan fingerprint density at radius 3 is 2.88 bits per heavy atom. The number of nitrogens with zero attached hydrogens (tertiary/aromatic N) is 2. The molecule has 0 bridgehead atoms. The zero-order valence-electron chi connectivity index (χ0n) is 8.77. The van der Waals surface area contributed by atoms with Crippen LogP contribution in [0.3, 0.4) is 0 Å². The van der Waals surface area contributed by atoms with Crippen LogP contribution in [0.4, 0.5) is 6.01 Å². The van der Waals surface area contributed by atoms with Gasteiger partial charge in [0.25, 0.3) is 5.91 Å². The fraction of sp³-hybridized carbons (Fsp3) is 0.100. The first kappa shape index (κ1) is 11.4. The summed E-state index contributed by atoms with van der Waals surface area (Å²) in [5.41, 5.74) is 0.0743. The van der Waals surface area contributed by atoms with Crippen LogP contribution >= 0.6 is 11.6 Å². The van der Waals surface area contributed by atoms with Gasteiger partial charge in [-0.05, 0) is 25.1 Å². The Balaban J connectivity index is 2.20. The first-order valence-electron chi connectivity index (χ1n) is 4.66. The topological polar surface area (TPSA) is 88.2 Å². The Bertz CT molecular complexity index is 568. The lowest BCUT2D eigenvalue weighted by molar-refractivity contribution is 0.102. The van der Waals surface area contributed by atoms with Crippen molar-refractivity contribution in [1.82, 2.24) is 10.1 Å². The van der Waals surface area contributed by atoms with Crippen molar-refractivity contribution in [3.8, 4) is 5.75 Å².